The molecule has 7 heteroatoms. The van der Waals surface area contributed by atoms with Crippen molar-refractivity contribution in [2.45, 2.75) is 20.4 Å². The van der Waals surface area contributed by atoms with Gasteiger partial charge in [0.25, 0.3) is 11.5 Å². The van der Waals surface area contributed by atoms with Crippen LogP contribution in [0.3, 0.4) is 0 Å². The fourth-order valence-electron chi connectivity index (χ4n) is 2.66. The van der Waals surface area contributed by atoms with Crippen LogP contribution >= 0.6 is 0 Å². The maximum absolute atomic E-state index is 12.8. The summed E-state index contributed by atoms with van der Waals surface area (Å²) < 4.78 is 3.04. The molecule has 0 atom stereocenters. The van der Waals surface area contributed by atoms with Gasteiger partial charge in [0.15, 0.2) is 0 Å². The fourth-order valence-corrected chi connectivity index (χ4v) is 2.66. The average molecular weight is 311 g/mol. The summed E-state index contributed by atoms with van der Waals surface area (Å²) in [5.74, 6) is -0.396. The Balaban J connectivity index is 2.56. The molecule has 0 aromatic carbocycles. The Hall–Kier alpha value is -2.96. The zero-order valence-electron chi connectivity index (χ0n) is 13.2. The molecule has 23 heavy (non-hydrogen) atoms. The molecule has 3 aromatic heterocycles. The maximum Gasteiger partial charge on any atom is 0.267 e. The number of nitrogens with zero attached hydrogens (tertiary/aromatic N) is 3. The predicted molar refractivity (Wildman–Crippen MR) is 86.6 cm³/mol. The maximum atomic E-state index is 12.8. The van der Waals surface area contributed by atoms with Crippen LogP contribution in [0.1, 0.15) is 22.8 Å². The van der Waals surface area contributed by atoms with E-state index < -0.39 is 5.91 Å². The Morgan fingerprint density at radius 2 is 2.13 bits per heavy atom. The monoisotopic (exact) mass is 311 g/mol. The van der Waals surface area contributed by atoms with Crippen LogP contribution in [0.4, 0.5) is 0 Å². The van der Waals surface area contributed by atoms with Crippen molar-refractivity contribution in [1.82, 2.24) is 19.3 Å². The zero-order chi connectivity index (χ0) is 16.7. The normalized spacial score (nSPS) is 11.1. The van der Waals surface area contributed by atoms with E-state index in [2.05, 4.69) is 10.3 Å². The number of carbonyl (C=O) groups is 1. The second kappa shape index (κ2) is 5.35. The van der Waals surface area contributed by atoms with Crippen molar-refractivity contribution in [3.8, 4) is 0 Å². The fraction of sp³-hybridized carbons (Fsp3) is 0.250. The van der Waals surface area contributed by atoms with Crippen LogP contribution in [0.5, 0.6) is 0 Å². The second-order valence-corrected chi connectivity index (χ2v) is 5.32. The van der Waals surface area contributed by atoms with Gasteiger partial charge in [0.05, 0.1) is 10.9 Å². The number of amides is 1. The molecule has 0 saturated heterocycles. The van der Waals surface area contributed by atoms with Gasteiger partial charge in [0.2, 0.25) is 0 Å². The molecule has 0 unspecified atom stereocenters. The lowest BCUT2D eigenvalue weighted by atomic mass is 10.2. The smallest absolute Gasteiger partial charge is 0.267 e. The van der Waals surface area contributed by atoms with E-state index in [9.17, 15) is 9.59 Å². The molecule has 0 spiro atoms. The number of rotatable bonds is 2. The predicted octanol–water partition coefficient (Wildman–Crippen LogP) is 0.817. The van der Waals surface area contributed by atoms with Crippen molar-refractivity contribution in [3.05, 3.63) is 51.4 Å². The number of nitrogens with one attached hydrogen (secondary N) is 2. The largest absolute Gasteiger partial charge is 0.355 e. The number of aryl methyl sites for hydroxylation is 2. The highest BCUT2D eigenvalue weighted by atomic mass is 16.1. The van der Waals surface area contributed by atoms with E-state index in [1.165, 1.54) is 17.5 Å². The van der Waals surface area contributed by atoms with E-state index in [-0.39, 0.29) is 16.6 Å². The Morgan fingerprint density at radius 3 is 2.78 bits per heavy atom. The van der Waals surface area contributed by atoms with Crippen molar-refractivity contribution in [3.63, 3.8) is 0 Å². The number of aromatic nitrogens is 3. The van der Waals surface area contributed by atoms with Gasteiger partial charge in [-0.05, 0) is 31.5 Å². The molecule has 0 fully saturated rings. The van der Waals surface area contributed by atoms with Crippen LogP contribution in [0.2, 0.25) is 0 Å². The average Bonchev–Trinajstić information content (AvgIpc) is 2.55. The van der Waals surface area contributed by atoms with Crippen molar-refractivity contribution < 1.29 is 4.79 Å². The number of hydrogen-bond acceptors (Lipinski definition) is 4. The van der Waals surface area contributed by atoms with Crippen LogP contribution < -0.4 is 16.4 Å². The number of pyridine rings is 2. The standard InChI is InChI=1S/C16H17N5O2/c1-4-20-13(17)10(15(22)18-3)7-11-14(20)19-12-6-5-9(2)8-21(12)16(11)23/h5-8,17H,4H2,1-3H3,(H,18,22). The summed E-state index contributed by atoms with van der Waals surface area (Å²) in [5.41, 5.74) is 1.83. The molecule has 0 aliphatic rings. The van der Waals surface area contributed by atoms with Crippen molar-refractivity contribution >= 4 is 22.6 Å². The lowest BCUT2D eigenvalue weighted by Crippen LogP contribution is -2.33. The summed E-state index contributed by atoms with van der Waals surface area (Å²) >= 11 is 0. The van der Waals surface area contributed by atoms with Gasteiger partial charge in [-0.1, -0.05) is 6.07 Å². The van der Waals surface area contributed by atoms with Gasteiger partial charge >= 0.3 is 0 Å². The Labute approximate surface area is 131 Å². The van der Waals surface area contributed by atoms with E-state index in [0.717, 1.165) is 5.56 Å². The molecule has 3 aromatic rings. The molecule has 2 N–H and O–H groups in total. The third-order valence-corrected chi connectivity index (χ3v) is 3.84. The first kappa shape index (κ1) is 15.0. The van der Waals surface area contributed by atoms with Gasteiger partial charge in [0.1, 0.15) is 16.8 Å². The van der Waals surface area contributed by atoms with E-state index in [1.54, 1.807) is 16.8 Å². The third kappa shape index (κ3) is 2.21. The van der Waals surface area contributed by atoms with Crippen molar-refractivity contribution in [1.29, 1.82) is 5.41 Å². The lowest BCUT2D eigenvalue weighted by Gasteiger charge is -2.12. The highest BCUT2D eigenvalue weighted by molar-refractivity contribution is 5.96. The van der Waals surface area contributed by atoms with Crippen LogP contribution in [0.25, 0.3) is 16.7 Å². The summed E-state index contributed by atoms with van der Waals surface area (Å²) in [6.07, 6.45) is 1.72. The van der Waals surface area contributed by atoms with Crippen molar-refractivity contribution in [2.24, 2.45) is 0 Å². The number of hydrogen-bond donors (Lipinski definition) is 2. The Bertz CT molecular complexity index is 1060. The Morgan fingerprint density at radius 1 is 1.39 bits per heavy atom. The molecule has 118 valence electrons. The molecular weight excluding hydrogens is 294 g/mol. The van der Waals surface area contributed by atoms with Gasteiger partial charge in [-0.3, -0.25) is 19.4 Å². The third-order valence-electron chi connectivity index (χ3n) is 3.84. The summed E-state index contributed by atoms with van der Waals surface area (Å²) in [4.78, 5) is 29.3. The van der Waals surface area contributed by atoms with E-state index >= 15 is 0 Å². The molecule has 0 aliphatic carbocycles. The molecule has 0 saturated carbocycles. The summed E-state index contributed by atoms with van der Waals surface area (Å²) in [7, 11) is 1.50. The van der Waals surface area contributed by atoms with Gasteiger partial charge in [0, 0.05) is 19.8 Å². The summed E-state index contributed by atoms with van der Waals surface area (Å²) in [6, 6.07) is 5.10. The minimum atomic E-state index is -0.396. The minimum Gasteiger partial charge on any atom is -0.355 e. The summed E-state index contributed by atoms with van der Waals surface area (Å²) in [6.45, 7) is 4.18. The van der Waals surface area contributed by atoms with Crippen molar-refractivity contribution in [2.75, 3.05) is 7.05 Å². The quantitative estimate of drug-likeness (QED) is 0.686. The minimum absolute atomic E-state index is 0.0442. The molecule has 3 heterocycles. The SMILES string of the molecule is CCn1c(=N)c(C(=O)NC)cc2c(=O)n3cc(C)ccc3nc21. The topological polar surface area (TPSA) is 92.2 Å². The van der Waals surface area contributed by atoms with Crippen LogP contribution in [-0.4, -0.2) is 26.9 Å². The highest BCUT2D eigenvalue weighted by Crippen LogP contribution is 2.11. The van der Waals surface area contributed by atoms with Crippen LogP contribution in [-0.2, 0) is 6.54 Å². The van der Waals surface area contributed by atoms with Gasteiger partial charge in [-0.25, -0.2) is 4.98 Å². The highest BCUT2D eigenvalue weighted by Gasteiger charge is 2.15. The Kier molecular flexibility index (Phi) is 3.48. The van der Waals surface area contributed by atoms with Gasteiger partial charge in [-0.2, -0.15) is 0 Å². The molecule has 7 nitrogen and oxygen atoms in total. The molecule has 1 amide bonds. The number of carbonyl (C=O) groups excluding carboxylic acids is 1. The van der Waals surface area contributed by atoms with E-state index in [4.69, 9.17) is 5.41 Å². The molecule has 0 bridgehead atoms. The van der Waals surface area contributed by atoms with E-state index in [0.29, 0.717) is 23.2 Å². The number of fused-ring (bicyclic) bond motifs is 2. The van der Waals surface area contributed by atoms with Crippen LogP contribution in [0.15, 0.2) is 29.2 Å². The first-order chi connectivity index (χ1) is 11.0. The molecule has 0 aliphatic heterocycles. The lowest BCUT2D eigenvalue weighted by molar-refractivity contribution is 0.0960. The summed E-state index contributed by atoms with van der Waals surface area (Å²) in [5, 5.41) is 11.1. The molecular formula is C16H17N5O2. The second-order valence-electron chi connectivity index (χ2n) is 5.32. The zero-order valence-corrected chi connectivity index (χ0v) is 13.2. The van der Waals surface area contributed by atoms with Gasteiger partial charge < -0.3 is 9.88 Å². The first-order valence-corrected chi connectivity index (χ1v) is 7.31. The van der Waals surface area contributed by atoms with E-state index in [1.807, 2.05) is 19.9 Å². The first-order valence-electron chi connectivity index (χ1n) is 7.31. The van der Waals surface area contributed by atoms with Crippen LogP contribution in [0, 0.1) is 12.3 Å². The molecule has 3 rings (SSSR count). The molecule has 0 radical (unpaired) electrons. The van der Waals surface area contributed by atoms with Gasteiger partial charge in [-0.15, -0.1) is 0 Å².